The first kappa shape index (κ1) is 12.3. The van der Waals surface area contributed by atoms with Gasteiger partial charge in [0.05, 0.1) is 5.39 Å². The summed E-state index contributed by atoms with van der Waals surface area (Å²) in [5.41, 5.74) is 0.931. The summed E-state index contributed by atoms with van der Waals surface area (Å²) in [6.45, 7) is 0. The van der Waals surface area contributed by atoms with Crippen molar-refractivity contribution in [1.29, 1.82) is 0 Å². The van der Waals surface area contributed by atoms with E-state index in [1.165, 1.54) is 18.2 Å². The van der Waals surface area contributed by atoms with Crippen LogP contribution in [0.5, 0.6) is 0 Å². The lowest BCUT2D eigenvalue weighted by atomic mass is 10.1. The molecule has 0 N–H and O–H groups in total. The largest absolute Gasteiger partial charge is 0.455 e. The summed E-state index contributed by atoms with van der Waals surface area (Å²) in [4.78, 5) is 12.2. The van der Waals surface area contributed by atoms with Crippen molar-refractivity contribution in [2.45, 2.75) is 0 Å². The Kier molecular flexibility index (Phi) is 3.10. The van der Waals surface area contributed by atoms with E-state index in [1.807, 2.05) is 52.9 Å². The average Bonchev–Trinajstić information content (AvgIpc) is 2.43. The van der Waals surface area contributed by atoms with Crippen molar-refractivity contribution in [3.05, 3.63) is 68.1 Å². The molecule has 1 aromatic heterocycles. The van der Waals surface area contributed by atoms with Gasteiger partial charge in [0, 0.05) is 11.6 Å². The van der Waals surface area contributed by atoms with Crippen molar-refractivity contribution in [3.63, 3.8) is 0 Å². The van der Waals surface area contributed by atoms with Gasteiger partial charge in [-0.2, -0.15) is 0 Å². The fourth-order valence-corrected chi connectivity index (χ4v) is 2.63. The Morgan fingerprint density at radius 2 is 1.79 bits per heavy atom. The Morgan fingerprint density at radius 1 is 1.05 bits per heavy atom. The minimum Gasteiger partial charge on any atom is -0.455 e. The predicted octanol–water partition coefficient (Wildman–Crippen LogP) is 4.20. The fraction of sp³-hybridized carbons (Fsp3) is 0. The van der Waals surface area contributed by atoms with E-state index in [-0.39, 0.29) is 11.0 Å². The minimum absolute atomic E-state index is 0.138. The lowest BCUT2D eigenvalue weighted by Gasteiger charge is -2.05. The van der Waals surface area contributed by atoms with Crippen molar-refractivity contribution >= 4 is 33.6 Å². The van der Waals surface area contributed by atoms with Gasteiger partial charge < -0.3 is 4.42 Å². The van der Waals surface area contributed by atoms with Crippen LogP contribution >= 0.6 is 22.6 Å². The number of benzene rings is 2. The molecule has 0 aliphatic carbocycles. The summed E-state index contributed by atoms with van der Waals surface area (Å²) in [5, 5.41) is 0.394. The van der Waals surface area contributed by atoms with Gasteiger partial charge in [0.1, 0.15) is 15.0 Å². The molecule has 0 amide bonds. The van der Waals surface area contributed by atoms with E-state index in [0.717, 1.165) is 5.56 Å². The first-order valence-corrected chi connectivity index (χ1v) is 6.72. The van der Waals surface area contributed by atoms with Gasteiger partial charge >= 0.3 is 0 Å². The zero-order valence-electron chi connectivity index (χ0n) is 9.69. The highest BCUT2D eigenvalue weighted by atomic mass is 127. The van der Waals surface area contributed by atoms with Crippen molar-refractivity contribution in [2.24, 2.45) is 0 Å². The molecule has 2 nitrogen and oxygen atoms in total. The number of rotatable bonds is 1. The Bertz CT molecular complexity index is 809. The van der Waals surface area contributed by atoms with E-state index in [2.05, 4.69) is 0 Å². The molecular formula is C15H8FIO2. The van der Waals surface area contributed by atoms with Crippen molar-refractivity contribution in [1.82, 2.24) is 0 Å². The van der Waals surface area contributed by atoms with E-state index >= 15 is 0 Å². The zero-order chi connectivity index (χ0) is 13.4. The first-order chi connectivity index (χ1) is 9.16. The maximum absolute atomic E-state index is 13.2. The summed E-state index contributed by atoms with van der Waals surface area (Å²) in [6.07, 6.45) is 0. The Labute approximate surface area is 122 Å². The molecular weight excluding hydrogens is 358 g/mol. The second kappa shape index (κ2) is 4.77. The monoisotopic (exact) mass is 366 g/mol. The van der Waals surface area contributed by atoms with Crippen molar-refractivity contribution in [2.75, 3.05) is 0 Å². The van der Waals surface area contributed by atoms with Crippen LogP contribution in [0.4, 0.5) is 4.39 Å². The van der Waals surface area contributed by atoms with Crippen LogP contribution in [0.15, 0.2) is 57.7 Å². The molecule has 0 aliphatic rings. The number of hydrogen-bond donors (Lipinski definition) is 0. The number of hydrogen-bond acceptors (Lipinski definition) is 2. The van der Waals surface area contributed by atoms with E-state index in [9.17, 15) is 9.18 Å². The molecule has 0 bridgehead atoms. The zero-order valence-corrected chi connectivity index (χ0v) is 11.8. The van der Waals surface area contributed by atoms with Crippen LogP contribution in [0.25, 0.3) is 22.3 Å². The third kappa shape index (κ3) is 2.16. The van der Waals surface area contributed by atoms with Crippen LogP contribution in [-0.4, -0.2) is 0 Å². The normalized spacial score (nSPS) is 10.8. The molecule has 0 radical (unpaired) electrons. The van der Waals surface area contributed by atoms with Crippen LogP contribution < -0.4 is 5.43 Å². The molecule has 0 saturated carbocycles. The Hall–Kier alpha value is -1.69. The van der Waals surface area contributed by atoms with Gasteiger partial charge in [0.25, 0.3) is 0 Å². The second-order valence-corrected chi connectivity index (χ2v) is 5.16. The van der Waals surface area contributed by atoms with E-state index < -0.39 is 5.82 Å². The van der Waals surface area contributed by atoms with E-state index in [1.54, 1.807) is 0 Å². The molecule has 19 heavy (non-hydrogen) atoms. The molecule has 3 rings (SSSR count). The SMILES string of the molecule is O=c1c(I)c(-c2ccccc2)oc2cc(F)ccc12. The number of fused-ring (bicyclic) bond motifs is 1. The molecule has 0 spiro atoms. The Morgan fingerprint density at radius 3 is 2.53 bits per heavy atom. The third-order valence-corrected chi connectivity index (χ3v) is 3.81. The molecule has 0 saturated heterocycles. The predicted molar refractivity (Wildman–Crippen MR) is 80.6 cm³/mol. The van der Waals surface area contributed by atoms with Gasteiger partial charge in [-0.25, -0.2) is 4.39 Å². The Balaban J connectivity index is 2.38. The number of halogens is 2. The molecule has 0 aliphatic heterocycles. The lowest BCUT2D eigenvalue weighted by Crippen LogP contribution is -2.07. The van der Waals surface area contributed by atoms with Crippen molar-refractivity contribution < 1.29 is 8.81 Å². The maximum atomic E-state index is 13.2. The van der Waals surface area contributed by atoms with E-state index in [0.29, 0.717) is 14.7 Å². The summed E-state index contributed by atoms with van der Waals surface area (Å²) < 4.78 is 19.4. The van der Waals surface area contributed by atoms with E-state index in [4.69, 9.17) is 4.42 Å². The second-order valence-electron chi connectivity index (χ2n) is 4.08. The van der Waals surface area contributed by atoms with Crippen molar-refractivity contribution in [3.8, 4) is 11.3 Å². The summed E-state index contributed by atoms with van der Waals surface area (Å²) in [6, 6.07) is 13.3. The molecule has 2 aromatic carbocycles. The maximum Gasteiger partial charge on any atom is 0.206 e. The topological polar surface area (TPSA) is 30.2 Å². The lowest BCUT2D eigenvalue weighted by molar-refractivity contribution is 0.597. The smallest absolute Gasteiger partial charge is 0.206 e. The van der Waals surface area contributed by atoms with Crippen LogP contribution in [0, 0.1) is 9.39 Å². The molecule has 94 valence electrons. The summed E-state index contributed by atoms with van der Waals surface area (Å²) in [7, 11) is 0. The van der Waals surface area contributed by atoms with Gasteiger partial charge in [-0.05, 0) is 34.7 Å². The highest BCUT2D eigenvalue weighted by Crippen LogP contribution is 2.26. The standard InChI is InChI=1S/C15H8FIO2/c16-10-6-7-11-12(8-10)19-15(13(17)14(11)18)9-4-2-1-3-5-9/h1-8H. The van der Waals surface area contributed by atoms with Crippen LogP contribution in [0.2, 0.25) is 0 Å². The van der Waals surface area contributed by atoms with Gasteiger partial charge in [-0.15, -0.1) is 0 Å². The molecule has 4 heteroatoms. The third-order valence-electron chi connectivity index (χ3n) is 2.83. The van der Waals surface area contributed by atoms with Crippen LogP contribution in [0.1, 0.15) is 0 Å². The van der Waals surface area contributed by atoms with Crippen LogP contribution in [0.3, 0.4) is 0 Å². The molecule has 0 atom stereocenters. The highest BCUT2D eigenvalue weighted by Gasteiger charge is 2.13. The van der Waals surface area contributed by atoms with Gasteiger partial charge in [-0.3, -0.25) is 4.79 Å². The molecule has 1 heterocycles. The molecule has 3 aromatic rings. The minimum atomic E-state index is -0.420. The van der Waals surface area contributed by atoms with Crippen LogP contribution in [-0.2, 0) is 0 Å². The molecule has 0 fully saturated rings. The quantitative estimate of drug-likeness (QED) is 0.605. The van der Waals surface area contributed by atoms with Gasteiger partial charge in [0.2, 0.25) is 5.43 Å². The highest BCUT2D eigenvalue weighted by molar-refractivity contribution is 14.1. The average molecular weight is 366 g/mol. The summed E-state index contributed by atoms with van der Waals surface area (Å²) in [5.74, 6) is 0.0557. The fourth-order valence-electron chi connectivity index (χ4n) is 1.92. The first-order valence-electron chi connectivity index (χ1n) is 5.64. The molecule has 0 unspecified atom stereocenters. The van der Waals surface area contributed by atoms with Gasteiger partial charge in [0.15, 0.2) is 5.76 Å². The summed E-state index contributed by atoms with van der Waals surface area (Å²) >= 11 is 1.97. The van der Waals surface area contributed by atoms with Gasteiger partial charge in [-0.1, -0.05) is 30.3 Å².